The van der Waals surface area contributed by atoms with Crippen LogP contribution in [0.4, 0.5) is 5.82 Å². The number of sulfone groups is 1. The van der Waals surface area contributed by atoms with Gasteiger partial charge in [-0.3, -0.25) is 0 Å². The van der Waals surface area contributed by atoms with Crippen molar-refractivity contribution in [1.29, 1.82) is 0 Å². The molecule has 1 rings (SSSR count). The van der Waals surface area contributed by atoms with Crippen molar-refractivity contribution in [2.45, 2.75) is 0 Å². The Morgan fingerprint density at radius 1 is 1.53 bits per heavy atom. The number of nitrogens with zero attached hydrogens (tertiary/aromatic N) is 3. The van der Waals surface area contributed by atoms with Crippen molar-refractivity contribution >= 4 is 31.6 Å². The van der Waals surface area contributed by atoms with Gasteiger partial charge in [-0.25, -0.2) is 18.4 Å². The Morgan fingerprint density at radius 2 is 2.20 bits per heavy atom. The number of rotatable bonds is 4. The SMILES string of the molecule is CN(CCS(C)(=O)=O)c1ncncc1Br. The minimum atomic E-state index is -2.94. The second-order valence-corrected chi connectivity index (χ2v) is 6.36. The third-order valence-electron chi connectivity index (χ3n) is 1.81. The number of aromatic nitrogens is 2. The van der Waals surface area contributed by atoms with Gasteiger partial charge < -0.3 is 4.90 Å². The van der Waals surface area contributed by atoms with E-state index < -0.39 is 9.84 Å². The Kier molecular flexibility index (Phi) is 4.04. The van der Waals surface area contributed by atoms with Crippen molar-refractivity contribution in [2.24, 2.45) is 0 Å². The molecule has 1 heterocycles. The molecule has 0 saturated carbocycles. The molecule has 0 unspecified atom stereocenters. The fourth-order valence-electron chi connectivity index (χ4n) is 0.996. The van der Waals surface area contributed by atoms with Gasteiger partial charge in [0.05, 0.1) is 10.2 Å². The lowest BCUT2D eigenvalue weighted by atomic mass is 10.5. The van der Waals surface area contributed by atoms with Crippen LogP contribution in [0.3, 0.4) is 0 Å². The van der Waals surface area contributed by atoms with Crippen LogP contribution in [0, 0.1) is 0 Å². The Balaban J connectivity index is 2.70. The lowest BCUT2D eigenvalue weighted by Gasteiger charge is -2.18. The van der Waals surface area contributed by atoms with Crippen molar-refractivity contribution in [1.82, 2.24) is 9.97 Å². The predicted octanol–water partition coefficient (Wildman–Crippen LogP) is 0.720. The van der Waals surface area contributed by atoms with Crippen LogP contribution in [-0.4, -0.2) is 44.0 Å². The van der Waals surface area contributed by atoms with Crippen LogP contribution in [0.25, 0.3) is 0 Å². The largest absolute Gasteiger partial charge is 0.358 e. The molecule has 7 heteroatoms. The number of hydrogen-bond acceptors (Lipinski definition) is 5. The Labute approximate surface area is 97.6 Å². The summed E-state index contributed by atoms with van der Waals surface area (Å²) in [5.41, 5.74) is 0. The molecule has 0 aliphatic rings. The van der Waals surface area contributed by atoms with E-state index in [-0.39, 0.29) is 5.75 Å². The third kappa shape index (κ3) is 4.13. The fourth-order valence-corrected chi connectivity index (χ4v) is 2.12. The van der Waals surface area contributed by atoms with Gasteiger partial charge in [-0.1, -0.05) is 0 Å². The molecule has 0 fully saturated rings. The second-order valence-electron chi connectivity index (χ2n) is 3.25. The average Bonchev–Trinajstić information content (AvgIpc) is 2.14. The van der Waals surface area contributed by atoms with E-state index in [1.165, 1.54) is 12.6 Å². The van der Waals surface area contributed by atoms with E-state index in [1.807, 2.05) is 0 Å². The summed E-state index contributed by atoms with van der Waals surface area (Å²) in [6, 6.07) is 0. The summed E-state index contributed by atoms with van der Waals surface area (Å²) in [6.07, 6.45) is 4.27. The van der Waals surface area contributed by atoms with Crippen LogP contribution in [-0.2, 0) is 9.84 Å². The summed E-state index contributed by atoms with van der Waals surface area (Å²) in [6.45, 7) is 0.411. The van der Waals surface area contributed by atoms with E-state index in [0.29, 0.717) is 12.4 Å². The van der Waals surface area contributed by atoms with Crippen molar-refractivity contribution in [3.8, 4) is 0 Å². The van der Waals surface area contributed by atoms with Gasteiger partial charge in [0.15, 0.2) is 0 Å². The molecule has 0 saturated heterocycles. The molecule has 0 amide bonds. The lowest BCUT2D eigenvalue weighted by molar-refractivity contribution is 0.601. The maximum absolute atomic E-state index is 11.0. The molecule has 0 radical (unpaired) electrons. The quantitative estimate of drug-likeness (QED) is 0.819. The zero-order chi connectivity index (χ0) is 11.5. The molecule has 15 heavy (non-hydrogen) atoms. The molecule has 0 spiro atoms. The first-order valence-corrected chi connectivity index (χ1v) is 7.10. The van der Waals surface area contributed by atoms with Crippen molar-refractivity contribution in [3.63, 3.8) is 0 Å². The van der Waals surface area contributed by atoms with E-state index in [9.17, 15) is 8.42 Å². The monoisotopic (exact) mass is 293 g/mol. The number of hydrogen-bond donors (Lipinski definition) is 0. The van der Waals surface area contributed by atoms with E-state index in [4.69, 9.17) is 0 Å². The second kappa shape index (κ2) is 4.89. The van der Waals surface area contributed by atoms with Gasteiger partial charge >= 0.3 is 0 Å². The zero-order valence-electron chi connectivity index (χ0n) is 8.51. The maximum atomic E-state index is 11.0. The molecule has 0 aliphatic carbocycles. The molecular weight excluding hydrogens is 282 g/mol. The standard InChI is InChI=1S/C8H12BrN3O2S/c1-12(3-4-15(2,13)14)8-7(9)5-10-6-11-8/h5-6H,3-4H2,1-2H3. The smallest absolute Gasteiger partial charge is 0.149 e. The van der Waals surface area contributed by atoms with Gasteiger partial charge in [-0.15, -0.1) is 0 Å². The van der Waals surface area contributed by atoms with Gasteiger partial charge in [-0.2, -0.15) is 0 Å². The van der Waals surface area contributed by atoms with Crippen LogP contribution >= 0.6 is 15.9 Å². The Bertz CT molecular complexity index is 435. The van der Waals surface area contributed by atoms with Gasteiger partial charge in [0.2, 0.25) is 0 Å². The highest BCUT2D eigenvalue weighted by atomic mass is 79.9. The summed E-state index contributed by atoms with van der Waals surface area (Å²) < 4.78 is 22.7. The maximum Gasteiger partial charge on any atom is 0.149 e. The highest BCUT2D eigenvalue weighted by Crippen LogP contribution is 2.20. The highest BCUT2D eigenvalue weighted by molar-refractivity contribution is 9.10. The Hall–Kier alpha value is -0.690. The average molecular weight is 294 g/mol. The van der Waals surface area contributed by atoms with E-state index in [1.54, 1.807) is 18.1 Å². The summed E-state index contributed by atoms with van der Waals surface area (Å²) in [5.74, 6) is 0.800. The van der Waals surface area contributed by atoms with Crippen LogP contribution in [0.5, 0.6) is 0 Å². The zero-order valence-corrected chi connectivity index (χ0v) is 10.9. The van der Waals surface area contributed by atoms with Crippen LogP contribution in [0.15, 0.2) is 17.0 Å². The third-order valence-corrected chi connectivity index (χ3v) is 3.29. The molecule has 1 aromatic heterocycles. The van der Waals surface area contributed by atoms with Gasteiger partial charge in [0, 0.05) is 26.0 Å². The van der Waals surface area contributed by atoms with Crippen molar-refractivity contribution < 1.29 is 8.42 Å². The minimum Gasteiger partial charge on any atom is -0.358 e. The van der Waals surface area contributed by atoms with Crippen molar-refractivity contribution in [2.75, 3.05) is 30.5 Å². The van der Waals surface area contributed by atoms with Gasteiger partial charge in [-0.05, 0) is 15.9 Å². The first-order chi connectivity index (χ1) is 6.90. The minimum absolute atomic E-state index is 0.111. The molecule has 1 aromatic rings. The van der Waals surface area contributed by atoms with Crippen LogP contribution in [0.1, 0.15) is 0 Å². The molecule has 0 aliphatic heterocycles. The summed E-state index contributed by atoms with van der Waals surface area (Å²) >= 11 is 3.30. The van der Waals surface area contributed by atoms with Crippen LogP contribution in [0.2, 0.25) is 0 Å². The number of anilines is 1. The lowest BCUT2D eigenvalue weighted by Crippen LogP contribution is -2.25. The first kappa shape index (κ1) is 12.4. The van der Waals surface area contributed by atoms with Crippen molar-refractivity contribution in [3.05, 3.63) is 17.0 Å². The summed E-state index contributed by atoms with van der Waals surface area (Å²) in [4.78, 5) is 9.66. The Morgan fingerprint density at radius 3 is 2.73 bits per heavy atom. The normalized spacial score (nSPS) is 11.4. The molecule has 0 atom stereocenters. The summed E-state index contributed by atoms with van der Waals surface area (Å²) in [5, 5.41) is 0. The fraction of sp³-hybridized carbons (Fsp3) is 0.500. The van der Waals surface area contributed by atoms with Crippen LogP contribution < -0.4 is 4.90 Å². The summed E-state index contributed by atoms with van der Waals surface area (Å²) in [7, 11) is -1.15. The van der Waals surface area contributed by atoms with E-state index in [2.05, 4.69) is 25.9 Å². The molecule has 0 bridgehead atoms. The van der Waals surface area contributed by atoms with E-state index >= 15 is 0 Å². The molecular formula is C8H12BrN3O2S. The predicted molar refractivity (Wildman–Crippen MR) is 62.7 cm³/mol. The molecule has 0 N–H and O–H groups in total. The molecule has 0 aromatic carbocycles. The van der Waals surface area contributed by atoms with Gasteiger partial charge in [0.1, 0.15) is 22.0 Å². The topological polar surface area (TPSA) is 63.2 Å². The van der Waals surface area contributed by atoms with E-state index in [0.717, 1.165) is 4.47 Å². The number of halogens is 1. The first-order valence-electron chi connectivity index (χ1n) is 4.24. The van der Waals surface area contributed by atoms with Gasteiger partial charge in [0.25, 0.3) is 0 Å². The molecule has 84 valence electrons. The molecule has 5 nitrogen and oxygen atoms in total. The highest BCUT2D eigenvalue weighted by Gasteiger charge is 2.09.